The molecule has 1 aliphatic heterocycles. The number of pyridine rings is 1. The van der Waals surface area contributed by atoms with E-state index >= 15 is 0 Å². The number of ether oxygens (including phenoxy) is 1. The van der Waals surface area contributed by atoms with Gasteiger partial charge in [0.05, 0.1) is 43.5 Å². The number of likely N-dealkylation sites (tertiary alicyclic amines) is 1. The Bertz CT molecular complexity index is 697. The SMILES string of the molecule is Cn1ncc(CO)c1-c1cc(OC2CN(C=O)C2)c(F)cn1. The van der Waals surface area contributed by atoms with Gasteiger partial charge in [-0.2, -0.15) is 5.10 Å². The number of halogens is 1. The Morgan fingerprint density at radius 1 is 1.50 bits per heavy atom. The Hall–Kier alpha value is -2.48. The van der Waals surface area contributed by atoms with E-state index in [0.717, 1.165) is 12.6 Å². The zero-order chi connectivity index (χ0) is 15.7. The van der Waals surface area contributed by atoms with E-state index in [4.69, 9.17) is 4.74 Å². The van der Waals surface area contributed by atoms with Crippen LogP contribution in [-0.2, 0) is 18.4 Å². The highest BCUT2D eigenvalue weighted by molar-refractivity contribution is 5.60. The summed E-state index contributed by atoms with van der Waals surface area (Å²) in [6, 6.07) is 1.48. The average molecular weight is 306 g/mol. The van der Waals surface area contributed by atoms with Gasteiger partial charge in [0, 0.05) is 18.7 Å². The Morgan fingerprint density at radius 3 is 2.95 bits per heavy atom. The van der Waals surface area contributed by atoms with Crippen molar-refractivity contribution >= 4 is 6.41 Å². The molecule has 0 atom stereocenters. The second kappa shape index (κ2) is 5.72. The van der Waals surface area contributed by atoms with Crippen molar-refractivity contribution in [3.8, 4) is 17.1 Å². The molecule has 0 saturated carbocycles. The van der Waals surface area contributed by atoms with E-state index in [1.165, 1.54) is 17.2 Å². The van der Waals surface area contributed by atoms with Crippen LogP contribution in [0, 0.1) is 5.82 Å². The van der Waals surface area contributed by atoms with Crippen LogP contribution in [0.15, 0.2) is 18.5 Å². The minimum absolute atomic E-state index is 0.0747. The van der Waals surface area contributed by atoms with E-state index in [0.29, 0.717) is 30.0 Å². The minimum Gasteiger partial charge on any atom is -0.484 e. The molecule has 0 unspecified atom stereocenters. The van der Waals surface area contributed by atoms with Gasteiger partial charge in [-0.3, -0.25) is 14.5 Å². The monoisotopic (exact) mass is 306 g/mol. The quantitative estimate of drug-likeness (QED) is 0.805. The van der Waals surface area contributed by atoms with E-state index in [1.807, 2.05) is 0 Å². The number of aliphatic hydroxyl groups is 1. The van der Waals surface area contributed by atoms with Crippen molar-refractivity contribution < 1.29 is 19.0 Å². The molecule has 3 heterocycles. The third kappa shape index (κ3) is 2.52. The first-order chi connectivity index (χ1) is 10.6. The van der Waals surface area contributed by atoms with Gasteiger partial charge in [-0.25, -0.2) is 4.39 Å². The number of amides is 1. The summed E-state index contributed by atoms with van der Waals surface area (Å²) in [6.45, 7) is 0.692. The van der Waals surface area contributed by atoms with E-state index in [2.05, 4.69) is 10.1 Å². The van der Waals surface area contributed by atoms with Crippen LogP contribution < -0.4 is 4.74 Å². The van der Waals surface area contributed by atoms with Gasteiger partial charge in [-0.1, -0.05) is 0 Å². The fraction of sp³-hybridized carbons (Fsp3) is 0.357. The largest absolute Gasteiger partial charge is 0.484 e. The second-order valence-electron chi connectivity index (χ2n) is 5.10. The Morgan fingerprint density at radius 2 is 2.27 bits per heavy atom. The number of rotatable bonds is 5. The maximum atomic E-state index is 13.9. The third-order valence-corrected chi connectivity index (χ3v) is 3.57. The summed E-state index contributed by atoms with van der Waals surface area (Å²) in [7, 11) is 1.72. The number of carbonyl (C=O) groups is 1. The number of nitrogens with zero attached hydrogens (tertiary/aromatic N) is 4. The Kier molecular flexibility index (Phi) is 3.76. The maximum absolute atomic E-state index is 13.9. The van der Waals surface area contributed by atoms with Crippen molar-refractivity contribution in [1.82, 2.24) is 19.7 Å². The predicted molar refractivity (Wildman–Crippen MR) is 74.4 cm³/mol. The fourth-order valence-corrected chi connectivity index (χ4v) is 2.38. The molecule has 22 heavy (non-hydrogen) atoms. The summed E-state index contributed by atoms with van der Waals surface area (Å²) in [6.07, 6.45) is 3.13. The third-order valence-electron chi connectivity index (χ3n) is 3.57. The van der Waals surface area contributed by atoms with E-state index < -0.39 is 5.82 Å². The molecule has 7 nitrogen and oxygen atoms in total. The normalized spacial score (nSPS) is 14.8. The minimum atomic E-state index is -0.569. The number of aryl methyl sites for hydroxylation is 1. The molecule has 8 heteroatoms. The molecule has 1 fully saturated rings. The van der Waals surface area contributed by atoms with Crippen LogP contribution in [0.3, 0.4) is 0 Å². The molecule has 1 saturated heterocycles. The van der Waals surface area contributed by atoms with Crippen LogP contribution in [0.1, 0.15) is 5.56 Å². The summed E-state index contributed by atoms with van der Waals surface area (Å²) < 4.78 is 21.0. The highest BCUT2D eigenvalue weighted by atomic mass is 19.1. The fourth-order valence-electron chi connectivity index (χ4n) is 2.38. The molecule has 0 aromatic carbocycles. The van der Waals surface area contributed by atoms with Gasteiger partial charge in [0.15, 0.2) is 11.6 Å². The maximum Gasteiger partial charge on any atom is 0.209 e. The standard InChI is InChI=1S/C14H15FN4O3/c1-18-14(9(7-20)3-17-18)12-2-13(11(15)4-16-12)22-10-5-19(6-10)8-21/h2-4,8,10,20H,5-7H2,1H3. The van der Waals surface area contributed by atoms with E-state index in [9.17, 15) is 14.3 Å². The molecular weight excluding hydrogens is 291 g/mol. The molecule has 0 radical (unpaired) electrons. The predicted octanol–water partition coefficient (Wildman–Crippen LogP) is 0.333. The van der Waals surface area contributed by atoms with Crippen LogP contribution in [0.2, 0.25) is 0 Å². The zero-order valence-electron chi connectivity index (χ0n) is 11.9. The van der Waals surface area contributed by atoms with Gasteiger partial charge in [0.2, 0.25) is 6.41 Å². The second-order valence-corrected chi connectivity index (χ2v) is 5.10. The van der Waals surface area contributed by atoms with E-state index in [1.54, 1.807) is 11.7 Å². The molecule has 1 aliphatic rings. The van der Waals surface area contributed by atoms with Crippen LogP contribution in [0.25, 0.3) is 11.4 Å². The molecule has 3 rings (SSSR count). The smallest absolute Gasteiger partial charge is 0.209 e. The van der Waals surface area contributed by atoms with Crippen molar-refractivity contribution in [2.45, 2.75) is 12.7 Å². The lowest BCUT2D eigenvalue weighted by Gasteiger charge is -2.36. The molecule has 0 spiro atoms. The molecular formula is C14H15FN4O3. The number of aliphatic hydroxyl groups excluding tert-OH is 1. The van der Waals surface area contributed by atoms with Crippen molar-refractivity contribution in [1.29, 1.82) is 0 Å². The Labute approximate surface area is 125 Å². The molecule has 1 N–H and O–H groups in total. The van der Waals surface area contributed by atoms with Crippen LogP contribution in [0.5, 0.6) is 5.75 Å². The van der Waals surface area contributed by atoms with Crippen LogP contribution >= 0.6 is 0 Å². The number of carbonyl (C=O) groups excluding carboxylic acids is 1. The highest BCUT2D eigenvalue weighted by Gasteiger charge is 2.28. The summed E-state index contributed by atoms with van der Waals surface area (Å²) in [5.74, 6) is -0.494. The molecule has 0 aliphatic carbocycles. The van der Waals surface area contributed by atoms with Crippen LogP contribution in [0.4, 0.5) is 4.39 Å². The average Bonchev–Trinajstić information content (AvgIpc) is 2.85. The highest BCUT2D eigenvalue weighted by Crippen LogP contribution is 2.28. The van der Waals surface area contributed by atoms with E-state index in [-0.39, 0.29) is 18.5 Å². The van der Waals surface area contributed by atoms with Gasteiger partial charge in [-0.05, 0) is 0 Å². The summed E-state index contributed by atoms with van der Waals surface area (Å²) >= 11 is 0. The number of hydrogen-bond acceptors (Lipinski definition) is 5. The Balaban J connectivity index is 1.86. The summed E-state index contributed by atoms with van der Waals surface area (Å²) in [5, 5.41) is 13.4. The summed E-state index contributed by atoms with van der Waals surface area (Å²) in [5.41, 5.74) is 1.67. The summed E-state index contributed by atoms with van der Waals surface area (Å²) in [4.78, 5) is 16.1. The molecule has 0 bridgehead atoms. The lowest BCUT2D eigenvalue weighted by atomic mass is 10.1. The number of hydrogen-bond donors (Lipinski definition) is 1. The van der Waals surface area contributed by atoms with Crippen molar-refractivity contribution in [3.05, 3.63) is 29.8 Å². The van der Waals surface area contributed by atoms with Crippen molar-refractivity contribution in [2.75, 3.05) is 13.1 Å². The van der Waals surface area contributed by atoms with Gasteiger partial charge in [-0.15, -0.1) is 0 Å². The van der Waals surface area contributed by atoms with Crippen LogP contribution in [-0.4, -0.2) is 50.4 Å². The van der Waals surface area contributed by atoms with Crippen molar-refractivity contribution in [3.63, 3.8) is 0 Å². The first-order valence-electron chi connectivity index (χ1n) is 6.76. The lowest BCUT2D eigenvalue weighted by molar-refractivity contribution is -0.126. The first-order valence-corrected chi connectivity index (χ1v) is 6.76. The van der Waals surface area contributed by atoms with Gasteiger partial charge in [0.1, 0.15) is 6.10 Å². The molecule has 1 amide bonds. The topological polar surface area (TPSA) is 80.5 Å². The lowest BCUT2D eigenvalue weighted by Crippen LogP contribution is -2.52. The molecule has 116 valence electrons. The molecule has 2 aromatic rings. The first kappa shape index (κ1) is 14.5. The van der Waals surface area contributed by atoms with Crippen molar-refractivity contribution in [2.24, 2.45) is 7.05 Å². The van der Waals surface area contributed by atoms with Gasteiger partial charge in [0.25, 0.3) is 0 Å². The molecule has 2 aromatic heterocycles. The van der Waals surface area contributed by atoms with Gasteiger partial charge >= 0.3 is 0 Å². The zero-order valence-corrected chi connectivity index (χ0v) is 11.9. The van der Waals surface area contributed by atoms with Gasteiger partial charge < -0.3 is 14.7 Å². The number of aromatic nitrogens is 3.